The summed E-state index contributed by atoms with van der Waals surface area (Å²) in [6.07, 6.45) is 2.08. The van der Waals surface area contributed by atoms with E-state index in [4.69, 9.17) is 0 Å². The van der Waals surface area contributed by atoms with Gasteiger partial charge in [-0.15, -0.1) is 17.0 Å². The van der Waals surface area contributed by atoms with E-state index in [0.717, 1.165) is 21.4 Å². The third-order valence-corrected chi connectivity index (χ3v) is 3.36. The number of nitrogens with zero attached hydrogens (tertiary/aromatic N) is 2. The van der Waals surface area contributed by atoms with Gasteiger partial charge in [0.2, 0.25) is 0 Å². The molecule has 4 heteroatoms. The van der Waals surface area contributed by atoms with Crippen molar-refractivity contribution in [1.82, 2.24) is 9.38 Å². The summed E-state index contributed by atoms with van der Waals surface area (Å²) in [6, 6.07) is 14.3. The number of halogens is 2. The standard InChI is InChI=1S/C14H11BrN2.BrH/c1-10-3-2-4-14-16-13(9-17(10)14)11-5-7-12(15)8-6-11;/h2-9H,1H3;1H. The van der Waals surface area contributed by atoms with E-state index in [1.54, 1.807) is 0 Å². The smallest absolute Gasteiger partial charge is 0.137 e. The van der Waals surface area contributed by atoms with Crippen molar-refractivity contribution < 1.29 is 0 Å². The molecule has 0 aliphatic carbocycles. The van der Waals surface area contributed by atoms with Gasteiger partial charge in [-0.2, -0.15) is 0 Å². The third kappa shape index (κ3) is 2.35. The highest BCUT2D eigenvalue weighted by molar-refractivity contribution is 9.10. The summed E-state index contributed by atoms with van der Waals surface area (Å²) in [7, 11) is 0. The largest absolute Gasteiger partial charge is 0.304 e. The maximum Gasteiger partial charge on any atom is 0.137 e. The summed E-state index contributed by atoms with van der Waals surface area (Å²) in [4.78, 5) is 4.62. The number of fused-ring (bicyclic) bond motifs is 1. The van der Waals surface area contributed by atoms with E-state index in [9.17, 15) is 0 Å². The molecule has 0 saturated carbocycles. The lowest BCUT2D eigenvalue weighted by atomic mass is 10.2. The number of hydrogen-bond donors (Lipinski definition) is 0. The molecule has 3 aromatic rings. The van der Waals surface area contributed by atoms with E-state index < -0.39 is 0 Å². The number of aromatic nitrogens is 2. The van der Waals surface area contributed by atoms with Crippen molar-refractivity contribution in [2.45, 2.75) is 6.92 Å². The van der Waals surface area contributed by atoms with Gasteiger partial charge in [-0.1, -0.05) is 34.1 Å². The van der Waals surface area contributed by atoms with Gasteiger partial charge in [-0.05, 0) is 31.2 Å². The number of hydrogen-bond acceptors (Lipinski definition) is 1. The van der Waals surface area contributed by atoms with Crippen molar-refractivity contribution in [1.29, 1.82) is 0 Å². The fraction of sp³-hybridized carbons (Fsp3) is 0.0714. The molecule has 2 nitrogen and oxygen atoms in total. The first-order chi connectivity index (χ1) is 8.24. The molecule has 92 valence electrons. The van der Waals surface area contributed by atoms with E-state index in [2.05, 4.69) is 56.6 Å². The first kappa shape index (κ1) is 13.3. The summed E-state index contributed by atoms with van der Waals surface area (Å²) in [5.41, 5.74) is 4.32. The predicted octanol–water partition coefficient (Wildman–Crippen LogP) is 4.65. The van der Waals surface area contributed by atoms with Gasteiger partial charge < -0.3 is 4.40 Å². The SMILES string of the molecule is Br.Cc1cccc2nc(-c3ccc(Br)cc3)cn12. The Kier molecular flexibility index (Phi) is 3.88. The van der Waals surface area contributed by atoms with Gasteiger partial charge in [0.1, 0.15) is 5.65 Å². The van der Waals surface area contributed by atoms with Crippen LogP contribution in [0.3, 0.4) is 0 Å². The average Bonchev–Trinajstić information content (AvgIpc) is 2.75. The Bertz CT molecular complexity index is 672. The van der Waals surface area contributed by atoms with Crippen LogP contribution < -0.4 is 0 Å². The molecule has 0 fully saturated rings. The molecular formula is C14H12Br2N2. The van der Waals surface area contributed by atoms with Gasteiger partial charge in [0.15, 0.2) is 0 Å². The van der Waals surface area contributed by atoms with Gasteiger partial charge >= 0.3 is 0 Å². The van der Waals surface area contributed by atoms with Crippen LogP contribution >= 0.6 is 32.9 Å². The van der Waals surface area contributed by atoms with Crippen LogP contribution in [0, 0.1) is 6.92 Å². The van der Waals surface area contributed by atoms with E-state index in [-0.39, 0.29) is 17.0 Å². The van der Waals surface area contributed by atoms with E-state index in [0.29, 0.717) is 0 Å². The zero-order chi connectivity index (χ0) is 11.8. The molecule has 0 spiro atoms. The summed E-state index contributed by atoms with van der Waals surface area (Å²) < 4.78 is 3.19. The second-order valence-corrected chi connectivity index (χ2v) is 4.94. The number of rotatable bonds is 1. The van der Waals surface area contributed by atoms with Crippen molar-refractivity contribution in [3.63, 3.8) is 0 Å². The number of aryl methyl sites for hydroxylation is 1. The lowest BCUT2D eigenvalue weighted by Gasteiger charge is -1.96. The van der Waals surface area contributed by atoms with Crippen LogP contribution in [0.4, 0.5) is 0 Å². The molecule has 0 saturated heterocycles. The van der Waals surface area contributed by atoms with Crippen molar-refractivity contribution in [3.05, 3.63) is 58.8 Å². The molecule has 1 aromatic carbocycles. The molecule has 0 aliphatic rings. The minimum absolute atomic E-state index is 0. The zero-order valence-electron chi connectivity index (χ0n) is 9.80. The second-order valence-electron chi connectivity index (χ2n) is 4.03. The lowest BCUT2D eigenvalue weighted by Crippen LogP contribution is -1.86. The topological polar surface area (TPSA) is 17.3 Å². The molecular weight excluding hydrogens is 356 g/mol. The molecule has 3 rings (SSSR count). The predicted molar refractivity (Wildman–Crippen MR) is 83.4 cm³/mol. The van der Waals surface area contributed by atoms with Gasteiger partial charge in [0, 0.05) is 21.9 Å². The van der Waals surface area contributed by atoms with Crippen LogP contribution in [-0.2, 0) is 0 Å². The minimum Gasteiger partial charge on any atom is -0.304 e. The lowest BCUT2D eigenvalue weighted by molar-refractivity contribution is 1.09. The summed E-state index contributed by atoms with van der Waals surface area (Å²) in [5.74, 6) is 0. The Hall–Kier alpha value is -1.13. The molecule has 2 aromatic heterocycles. The molecule has 0 aliphatic heterocycles. The Morgan fingerprint density at radius 2 is 1.78 bits per heavy atom. The third-order valence-electron chi connectivity index (χ3n) is 2.84. The van der Waals surface area contributed by atoms with Crippen molar-refractivity contribution >= 4 is 38.6 Å². The molecule has 0 N–H and O–H groups in total. The first-order valence-electron chi connectivity index (χ1n) is 5.45. The molecule has 0 bridgehead atoms. The summed E-state index contributed by atoms with van der Waals surface area (Å²) in [6.45, 7) is 2.08. The van der Waals surface area contributed by atoms with E-state index in [1.807, 2.05) is 24.3 Å². The quantitative estimate of drug-likeness (QED) is 0.611. The normalized spacial score (nSPS) is 10.3. The molecule has 18 heavy (non-hydrogen) atoms. The first-order valence-corrected chi connectivity index (χ1v) is 6.24. The van der Waals surface area contributed by atoms with Crippen LogP contribution in [0.1, 0.15) is 5.69 Å². The maximum atomic E-state index is 4.62. The Balaban J connectivity index is 0.00000120. The second kappa shape index (κ2) is 5.24. The molecule has 0 amide bonds. The highest BCUT2D eigenvalue weighted by atomic mass is 79.9. The van der Waals surface area contributed by atoms with E-state index in [1.165, 1.54) is 5.69 Å². The summed E-state index contributed by atoms with van der Waals surface area (Å²) >= 11 is 3.44. The maximum absolute atomic E-state index is 4.62. The van der Waals surface area contributed by atoms with Crippen molar-refractivity contribution in [2.75, 3.05) is 0 Å². The fourth-order valence-corrected chi connectivity index (χ4v) is 2.17. The summed E-state index contributed by atoms with van der Waals surface area (Å²) in [5, 5.41) is 0. The Morgan fingerprint density at radius 1 is 1.06 bits per heavy atom. The van der Waals surface area contributed by atoms with Gasteiger partial charge in [-0.25, -0.2) is 4.98 Å². The Labute approximate surface area is 125 Å². The van der Waals surface area contributed by atoms with Crippen molar-refractivity contribution in [2.24, 2.45) is 0 Å². The Morgan fingerprint density at radius 3 is 2.44 bits per heavy atom. The number of pyridine rings is 1. The molecule has 2 heterocycles. The number of imidazole rings is 1. The average molecular weight is 368 g/mol. The van der Waals surface area contributed by atoms with Crippen LogP contribution in [-0.4, -0.2) is 9.38 Å². The van der Waals surface area contributed by atoms with Gasteiger partial charge in [0.25, 0.3) is 0 Å². The molecule has 0 radical (unpaired) electrons. The van der Waals surface area contributed by atoms with E-state index >= 15 is 0 Å². The van der Waals surface area contributed by atoms with Crippen molar-refractivity contribution in [3.8, 4) is 11.3 Å². The molecule has 0 unspecified atom stereocenters. The fourth-order valence-electron chi connectivity index (χ4n) is 1.91. The zero-order valence-corrected chi connectivity index (χ0v) is 13.1. The van der Waals surface area contributed by atoms with Crippen LogP contribution in [0.15, 0.2) is 53.1 Å². The van der Waals surface area contributed by atoms with Crippen LogP contribution in [0.5, 0.6) is 0 Å². The minimum atomic E-state index is 0. The molecule has 0 atom stereocenters. The number of benzene rings is 1. The van der Waals surface area contributed by atoms with Gasteiger partial charge in [-0.3, -0.25) is 0 Å². The van der Waals surface area contributed by atoms with Gasteiger partial charge in [0.05, 0.1) is 5.69 Å². The van der Waals surface area contributed by atoms with Crippen LogP contribution in [0.2, 0.25) is 0 Å². The highest BCUT2D eigenvalue weighted by Crippen LogP contribution is 2.22. The highest BCUT2D eigenvalue weighted by Gasteiger charge is 2.04. The monoisotopic (exact) mass is 366 g/mol. The van der Waals surface area contributed by atoms with Crippen LogP contribution in [0.25, 0.3) is 16.9 Å².